The first-order valence-electron chi connectivity index (χ1n) is 7.47. The number of rotatable bonds is 4. The average Bonchev–Trinajstić information content (AvgIpc) is 2.98. The van der Waals surface area contributed by atoms with Crippen LogP contribution < -0.4 is 14.8 Å². The van der Waals surface area contributed by atoms with E-state index in [0.717, 1.165) is 5.56 Å². The maximum absolute atomic E-state index is 12.2. The summed E-state index contributed by atoms with van der Waals surface area (Å²) >= 11 is 13.3. The Bertz CT molecular complexity index is 929. The monoisotopic (exact) mass is 408 g/mol. The normalized spacial score (nSPS) is 16.8. The molecule has 0 unspecified atom stereocenters. The number of ether oxygens (including phenoxy) is 2. The lowest BCUT2D eigenvalue weighted by molar-refractivity contribution is -0.115. The van der Waals surface area contributed by atoms with Crippen molar-refractivity contribution in [3.8, 4) is 11.5 Å². The molecule has 8 heteroatoms. The van der Waals surface area contributed by atoms with Crippen molar-refractivity contribution in [3.63, 3.8) is 0 Å². The molecule has 0 aromatic heterocycles. The van der Waals surface area contributed by atoms with E-state index in [9.17, 15) is 4.79 Å². The number of methoxy groups -OCH3 is 2. The molecule has 134 valence electrons. The molecule has 0 aliphatic carbocycles. The zero-order valence-electron chi connectivity index (χ0n) is 13.9. The molecule has 1 aliphatic heterocycles. The number of hydrogen-bond donors (Lipinski definition) is 1. The average molecular weight is 409 g/mol. The number of nitrogens with one attached hydrogen (secondary N) is 1. The summed E-state index contributed by atoms with van der Waals surface area (Å²) in [5, 5.41) is 3.89. The first-order chi connectivity index (χ1) is 12.5. The van der Waals surface area contributed by atoms with E-state index in [1.54, 1.807) is 50.6 Å². The molecule has 0 spiro atoms. The van der Waals surface area contributed by atoms with Gasteiger partial charge in [-0.15, -0.1) is 0 Å². The van der Waals surface area contributed by atoms with Crippen LogP contribution in [-0.4, -0.2) is 25.3 Å². The smallest absolute Gasteiger partial charge is 0.264 e. The molecule has 2 aromatic rings. The molecule has 0 saturated carbocycles. The molecule has 1 aliphatic rings. The van der Waals surface area contributed by atoms with Gasteiger partial charge in [-0.25, -0.2) is 4.99 Å². The van der Waals surface area contributed by atoms with Crippen molar-refractivity contribution in [1.29, 1.82) is 0 Å². The molecule has 2 aromatic carbocycles. The summed E-state index contributed by atoms with van der Waals surface area (Å²) in [6.07, 6.45) is 1.74. The van der Waals surface area contributed by atoms with Crippen LogP contribution in [0.2, 0.25) is 10.0 Å². The summed E-state index contributed by atoms with van der Waals surface area (Å²) in [7, 11) is 3.14. The number of halogens is 2. The Morgan fingerprint density at radius 2 is 1.96 bits per heavy atom. The summed E-state index contributed by atoms with van der Waals surface area (Å²) < 4.78 is 10.5. The molecule has 1 N–H and O–H groups in total. The van der Waals surface area contributed by atoms with Gasteiger partial charge in [0.1, 0.15) is 11.5 Å². The van der Waals surface area contributed by atoms with Crippen molar-refractivity contribution in [3.05, 3.63) is 56.9 Å². The Balaban J connectivity index is 1.89. The van der Waals surface area contributed by atoms with E-state index in [1.807, 2.05) is 6.07 Å². The highest BCUT2D eigenvalue weighted by Gasteiger charge is 2.24. The van der Waals surface area contributed by atoms with E-state index in [0.29, 0.717) is 37.3 Å². The lowest BCUT2D eigenvalue weighted by atomic mass is 10.1. The van der Waals surface area contributed by atoms with Crippen molar-refractivity contribution in [1.82, 2.24) is 5.32 Å². The molecule has 5 nitrogen and oxygen atoms in total. The fraction of sp³-hybridized carbons (Fsp3) is 0.111. The van der Waals surface area contributed by atoms with Gasteiger partial charge in [0.2, 0.25) is 0 Å². The number of hydrogen-bond acceptors (Lipinski definition) is 5. The lowest BCUT2D eigenvalue weighted by Gasteiger charge is -2.07. The maximum atomic E-state index is 12.2. The van der Waals surface area contributed by atoms with Crippen LogP contribution in [0, 0.1) is 0 Å². The minimum Gasteiger partial charge on any atom is -0.497 e. The van der Waals surface area contributed by atoms with Crippen LogP contribution in [0.25, 0.3) is 6.08 Å². The second-order valence-electron chi connectivity index (χ2n) is 5.16. The van der Waals surface area contributed by atoms with Crippen molar-refractivity contribution >= 4 is 57.8 Å². The third kappa shape index (κ3) is 3.98. The van der Waals surface area contributed by atoms with Gasteiger partial charge in [-0.05, 0) is 42.1 Å². The highest BCUT2D eigenvalue weighted by Crippen LogP contribution is 2.35. The van der Waals surface area contributed by atoms with Gasteiger partial charge in [0.25, 0.3) is 5.91 Å². The van der Waals surface area contributed by atoms with Crippen LogP contribution in [0.15, 0.2) is 46.3 Å². The van der Waals surface area contributed by atoms with Crippen LogP contribution >= 0.6 is 35.0 Å². The van der Waals surface area contributed by atoms with E-state index in [4.69, 9.17) is 32.7 Å². The van der Waals surface area contributed by atoms with Gasteiger partial charge in [-0.1, -0.05) is 29.3 Å². The summed E-state index contributed by atoms with van der Waals surface area (Å²) in [6, 6.07) is 10.5. The van der Waals surface area contributed by atoms with Crippen molar-refractivity contribution in [2.24, 2.45) is 4.99 Å². The number of carbonyl (C=O) groups is 1. The number of carbonyl (C=O) groups excluding carboxylic acids is 1. The highest BCUT2D eigenvalue weighted by atomic mass is 35.5. The molecular weight excluding hydrogens is 395 g/mol. The van der Waals surface area contributed by atoms with Gasteiger partial charge in [0.15, 0.2) is 5.17 Å². The van der Waals surface area contributed by atoms with E-state index in [1.165, 1.54) is 11.8 Å². The molecule has 0 bridgehead atoms. The molecule has 0 radical (unpaired) electrons. The number of nitrogens with zero attached hydrogens (tertiary/aromatic N) is 1. The fourth-order valence-electron chi connectivity index (χ4n) is 2.25. The molecule has 1 amide bonds. The zero-order chi connectivity index (χ0) is 18.7. The summed E-state index contributed by atoms with van der Waals surface area (Å²) in [4.78, 5) is 17.1. The molecular formula is C18H14Cl2N2O3S. The quantitative estimate of drug-likeness (QED) is 0.730. The summed E-state index contributed by atoms with van der Waals surface area (Å²) in [5.41, 5.74) is 1.25. The second-order valence-corrected chi connectivity index (χ2v) is 6.98. The van der Waals surface area contributed by atoms with Crippen LogP contribution in [0.1, 0.15) is 5.56 Å². The molecule has 3 rings (SSSR count). The standard InChI is InChI=1S/C18H14Cl2N2O3S/c1-24-11-7-6-10(14(9-11)25-2)8-15-17(23)22-18(26-15)21-13-5-3-4-12(19)16(13)20/h3-9H,1-2H3,(H,21,22,23)/b15-8-. The van der Waals surface area contributed by atoms with Gasteiger partial charge in [-0.2, -0.15) is 0 Å². The predicted octanol–water partition coefficient (Wildman–Crippen LogP) is 4.90. The van der Waals surface area contributed by atoms with E-state index < -0.39 is 0 Å². The largest absolute Gasteiger partial charge is 0.497 e. The Kier molecular flexibility index (Phi) is 5.76. The Hall–Kier alpha value is -2.15. The van der Waals surface area contributed by atoms with Crippen LogP contribution in [0.5, 0.6) is 11.5 Å². The van der Waals surface area contributed by atoms with E-state index in [2.05, 4.69) is 10.3 Å². The highest BCUT2D eigenvalue weighted by molar-refractivity contribution is 8.18. The van der Waals surface area contributed by atoms with Crippen LogP contribution in [0.4, 0.5) is 5.69 Å². The molecule has 26 heavy (non-hydrogen) atoms. The van der Waals surface area contributed by atoms with Gasteiger partial charge in [-0.3, -0.25) is 4.79 Å². The fourth-order valence-corrected chi connectivity index (χ4v) is 3.41. The maximum Gasteiger partial charge on any atom is 0.264 e. The van der Waals surface area contributed by atoms with Gasteiger partial charge >= 0.3 is 0 Å². The number of amides is 1. The minimum atomic E-state index is -0.246. The van der Waals surface area contributed by atoms with Gasteiger partial charge in [0.05, 0.1) is 34.9 Å². The molecule has 1 saturated heterocycles. The third-order valence-electron chi connectivity index (χ3n) is 3.53. The topological polar surface area (TPSA) is 59.9 Å². The number of thioether (sulfide) groups is 1. The number of benzene rings is 2. The lowest BCUT2D eigenvalue weighted by Crippen LogP contribution is -2.19. The Labute approximate surface area is 165 Å². The summed E-state index contributed by atoms with van der Waals surface area (Å²) in [5.74, 6) is 1.03. The van der Waals surface area contributed by atoms with E-state index in [-0.39, 0.29) is 5.91 Å². The zero-order valence-corrected chi connectivity index (χ0v) is 16.2. The van der Waals surface area contributed by atoms with Crippen LogP contribution in [0.3, 0.4) is 0 Å². The Morgan fingerprint density at radius 1 is 1.15 bits per heavy atom. The first kappa shape index (κ1) is 18.6. The van der Waals surface area contributed by atoms with Crippen molar-refractivity contribution in [2.45, 2.75) is 0 Å². The number of amidine groups is 1. The van der Waals surface area contributed by atoms with Crippen molar-refractivity contribution < 1.29 is 14.3 Å². The molecule has 0 atom stereocenters. The number of aliphatic imine (C=N–C) groups is 1. The van der Waals surface area contributed by atoms with E-state index >= 15 is 0 Å². The Morgan fingerprint density at radius 3 is 2.69 bits per heavy atom. The second kappa shape index (κ2) is 8.03. The van der Waals surface area contributed by atoms with Gasteiger partial charge in [0, 0.05) is 11.6 Å². The molecule has 1 heterocycles. The molecule has 1 fully saturated rings. The predicted molar refractivity (Wildman–Crippen MR) is 107 cm³/mol. The first-order valence-corrected chi connectivity index (χ1v) is 9.04. The van der Waals surface area contributed by atoms with Crippen LogP contribution in [-0.2, 0) is 4.79 Å². The SMILES string of the molecule is COc1ccc(/C=C2\SC(=Nc3cccc(Cl)c3Cl)NC2=O)c(OC)c1. The van der Waals surface area contributed by atoms with Crippen molar-refractivity contribution in [2.75, 3.05) is 14.2 Å². The van der Waals surface area contributed by atoms with Gasteiger partial charge < -0.3 is 14.8 Å². The third-order valence-corrected chi connectivity index (χ3v) is 5.25. The summed E-state index contributed by atoms with van der Waals surface area (Å²) in [6.45, 7) is 0. The minimum absolute atomic E-state index is 0.246.